The highest BCUT2D eigenvalue weighted by molar-refractivity contribution is 7.80. The molecule has 1 fully saturated rings. The predicted molar refractivity (Wildman–Crippen MR) is 131 cm³/mol. The molecule has 1 aliphatic heterocycles. The molecule has 5 rings (SSSR count). The fraction of sp³-hybridized carbons (Fsp3) is 0.400. The molecule has 0 saturated heterocycles. The van der Waals surface area contributed by atoms with Crippen molar-refractivity contribution in [2.45, 2.75) is 64.0 Å². The molecule has 32 heavy (non-hydrogen) atoms. The smallest absolute Gasteiger partial charge is 0.205 e. The summed E-state index contributed by atoms with van der Waals surface area (Å²) in [4.78, 5) is 8.55. The van der Waals surface area contributed by atoms with Crippen molar-refractivity contribution in [3.05, 3.63) is 54.1 Å². The SMILES string of the molecule is CCCCC1=NC2(CCCC2)C(=S)N1Cc1ccc(-c2ccccc2-c2nn[nH]n2)cc1. The minimum Gasteiger partial charge on any atom is -0.318 e. The van der Waals surface area contributed by atoms with E-state index < -0.39 is 0 Å². The quantitative estimate of drug-likeness (QED) is 0.482. The Balaban J connectivity index is 1.38. The van der Waals surface area contributed by atoms with Gasteiger partial charge in [0.25, 0.3) is 0 Å². The molecular weight excluding hydrogens is 416 g/mol. The van der Waals surface area contributed by atoms with E-state index in [4.69, 9.17) is 17.2 Å². The Kier molecular flexibility index (Phi) is 5.83. The first-order valence-corrected chi connectivity index (χ1v) is 11.9. The average Bonchev–Trinajstić information content (AvgIpc) is 3.58. The van der Waals surface area contributed by atoms with Gasteiger partial charge in [-0.25, -0.2) is 0 Å². The summed E-state index contributed by atoms with van der Waals surface area (Å²) in [6.45, 7) is 3.02. The number of tetrazole rings is 1. The maximum absolute atomic E-state index is 5.99. The van der Waals surface area contributed by atoms with E-state index in [0.29, 0.717) is 5.82 Å². The highest BCUT2D eigenvalue weighted by Gasteiger charge is 2.46. The zero-order valence-electron chi connectivity index (χ0n) is 18.4. The van der Waals surface area contributed by atoms with E-state index in [1.54, 1.807) is 0 Å². The molecule has 1 aliphatic carbocycles. The number of aliphatic imine (C=N–C) groups is 1. The van der Waals surface area contributed by atoms with E-state index in [-0.39, 0.29) is 5.54 Å². The van der Waals surface area contributed by atoms with Gasteiger partial charge in [-0.05, 0) is 41.2 Å². The van der Waals surface area contributed by atoms with Crippen molar-refractivity contribution in [3.8, 4) is 22.5 Å². The van der Waals surface area contributed by atoms with E-state index in [9.17, 15) is 0 Å². The molecule has 0 amide bonds. The second-order valence-corrected chi connectivity index (χ2v) is 9.13. The van der Waals surface area contributed by atoms with Gasteiger partial charge >= 0.3 is 0 Å². The Morgan fingerprint density at radius 2 is 1.78 bits per heavy atom. The normalized spacial score (nSPS) is 17.3. The van der Waals surface area contributed by atoms with Gasteiger partial charge in [-0.15, -0.1) is 10.2 Å². The average molecular weight is 445 g/mol. The molecule has 1 aromatic heterocycles. The predicted octanol–water partition coefficient (Wildman–Crippen LogP) is 5.58. The number of benzene rings is 2. The van der Waals surface area contributed by atoms with Gasteiger partial charge in [0.05, 0.1) is 0 Å². The van der Waals surface area contributed by atoms with Crippen molar-refractivity contribution in [1.29, 1.82) is 0 Å². The summed E-state index contributed by atoms with van der Waals surface area (Å²) in [5, 5.41) is 14.6. The molecule has 2 aliphatic rings. The fourth-order valence-electron chi connectivity index (χ4n) is 4.88. The van der Waals surface area contributed by atoms with Crippen LogP contribution in [0.15, 0.2) is 53.5 Å². The van der Waals surface area contributed by atoms with Crippen LogP contribution in [-0.2, 0) is 6.54 Å². The Morgan fingerprint density at radius 1 is 1.03 bits per heavy atom. The Hall–Kier alpha value is -2.93. The lowest BCUT2D eigenvalue weighted by molar-refractivity contribution is 0.554. The van der Waals surface area contributed by atoms with Crippen molar-refractivity contribution in [2.75, 3.05) is 0 Å². The van der Waals surface area contributed by atoms with Gasteiger partial charge in [0, 0.05) is 18.5 Å². The van der Waals surface area contributed by atoms with Crippen LogP contribution < -0.4 is 0 Å². The number of hydrogen-bond donors (Lipinski definition) is 1. The van der Waals surface area contributed by atoms with Gasteiger partial charge < -0.3 is 4.90 Å². The minimum absolute atomic E-state index is 0.109. The monoisotopic (exact) mass is 444 g/mol. The molecule has 0 unspecified atom stereocenters. The Bertz CT molecular complexity index is 1110. The van der Waals surface area contributed by atoms with Crippen LogP contribution in [0.2, 0.25) is 0 Å². The number of thiocarbonyl (C=S) groups is 1. The lowest BCUT2D eigenvalue weighted by atomic mass is 9.97. The number of aromatic nitrogens is 4. The molecule has 0 radical (unpaired) electrons. The molecule has 0 bridgehead atoms. The van der Waals surface area contributed by atoms with Crippen molar-refractivity contribution in [1.82, 2.24) is 25.5 Å². The summed E-state index contributed by atoms with van der Waals surface area (Å²) in [5.41, 5.74) is 4.32. The van der Waals surface area contributed by atoms with Crippen LogP contribution in [0.5, 0.6) is 0 Å². The zero-order valence-corrected chi connectivity index (χ0v) is 19.2. The standard InChI is InChI=1S/C25H28N6S/c1-2-3-10-22-26-25(15-6-7-16-25)24(32)31(22)17-18-11-13-19(14-12-18)20-8-4-5-9-21(20)23-27-29-30-28-23/h4-5,8-9,11-14H,2-3,6-7,10,15-17H2,1H3,(H,27,28,29,30). The number of rotatable bonds is 7. The zero-order chi connectivity index (χ0) is 22.0. The lowest BCUT2D eigenvalue weighted by Gasteiger charge is -2.26. The molecule has 1 spiro atoms. The van der Waals surface area contributed by atoms with Gasteiger partial charge in [0.15, 0.2) is 0 Å². The maximum Gasteiger partial charge on any atom is 0.205 e. The van der Waals surface area contributed by atoms with E-state index in [0.717, 1.165) is 53.9 Å². The van der Waals surface area contributed by atoms with Gasteiger partial charge in [0.2, 0.25) is 5.82 Å². The van der Waals surface area contributed by atoms with Gasteiger partial charge in [-0.2, -0.15) is 5.21 Å². The van der Waals surface area contributed by atoms with Crippen molar-refractivity contribution >= 4 is 23.0 Å². The summed E-state index contributed by atoms with van der Waals surface area (Å²) < 4.78 is 0. The summed E-state index contributed by atoms with van der Waals surface area (Å²) in [7, 11) is 0. The molecule has 3 aromatic rings. The van der Waals surface area contributed by atoms with Gasteiger partial charge in [-0.1, -0.05) is 86.9 Å². The fourth-order valence-corrected chi connectivity index (χ4v) is 5.30. The second-order valence-electron chi connectivity index (χ2n) is 8.74. The van der Waals surface area contributed by atoms with Crippen LogP contribution in [0.3, 0.4) is 0 Å². The first kappa shape index (κ1) is 20.9. The van der Waals surface area contributed by atoms with Crippen LogP contribution in [0.4, 0.5) is 0 Å². The van der Waals surface area contributed by atoms with E-state index in [2.05, 4.69) is 62.8 Å². The summed E-state index contributed by atoms with van der Waals surface area (Å²) >= 11 is 5.99. The van der Waals surface area contributed by atoms with Crippen LogP contribution >= 0.6 is 12.2 Å². The minimum atomic E-state index is -0.109. The van der Waals surface area contributed by atoms with Crippen LogP contribution in [0.25, 0.3) is 22.5 Å². The lowest BCUT2D eigenvalue weighted by Crippen LogP contribution is -2.39. The summed E-state index contributed by atoms with van der Waals surface area (Å²) in [6.07, 6.45) is 7.99. The van der Waals surface area contributed by atoms with Crippen LogP contribution in [-0.4, -0.2) is 41.9 Å². The first-order chi connectivity index (χ1) is 15.7. The number of hydrogen-bond acceptors (Lipinski definition) is 5. The Morgan fingerprint density at radius 3 is 2.47 bits per heavy atom. The molecule has 2 heterocycles. The highest BCUT2D eigenvalue weighted by atomic mass is 32.1. The molecule has 1 saturated carbocycles. The molecular formula is C25H28N6S. The molecule has 1 N–H and O–H groups in total. The summed E-state index contributed by atoms with van der Waals surface area (Å²) in [5.74, 6) is 1.79. The van der Waals surface area contributed by atoms with E-state index in [1.807, 2.05) is 18.2 Å². The number of H-pyrrole nitrogens is 1. The third-order valence-electron chi connectivity index (χ3n) is 6.60. The van der Waals surface area contributed by atoms with Crippen LogP contribution in [0.1, 0.15) is 57.4 Å². The molecule has 2 aromatic carbocycles. The Labute approximate surface area is 194 Å². The number of amidine groups is 1. The van der Waals surface area contributed by atoms with Crippen molar-refractivity contribution < 1.29 is 0 Å². The van der Waals surface area contributed by atoms with E-state index >= 15 is 0 Å². The molecule has 164 valence electrons. The van der Waals surface area contributed by atoms with Crippen molar-refractivity contribution in [2.24, 2.45) is 4.99 Å². The van der Waals surface area contributed by atoms with Crippen molar-refractivity contribution in [3.63, 3.8) is 0 Å². The van der Waals surface area contributed by atoms with Gasteiger partial charge in [-0.3, -0.25) is 4.99 Å². The largest absolute Gasteiger partial charge is 0.318 e. The van der Waals surface area contributed by atoms with Gasteiger partial charge in [0.1, 0.15) is 16.4 Å². The summed E-state index contributed by atoms with van der Waals surface area (Å²) in [6, 6.07) is 16.9. The molecule has 6 nitrogen and oxygen atoms in total. The third-order valence-corrected chi connectivity index (χ3v) is 7.20. The molecule has 7 heteroatoms. The molecule has 0 atom stereocenters. The van der Waals surface area contributed by atoms with E-state index in [1.165, 1.54) is 30.7 Å². The second kappa shape index (κ2) is 8.90. The number of aromatic amines is 1. The third kappa shape index (κ3) is 3.86. The highest BCUT2D eigenvalue weighted by Crippen LogP contribution is 2.41. The topological polar surface area (TPSA) is 70.1 Å². The number of nitrogens with zero attached hydrogens (tertiary/aromatic N) is 5. The first-order valence-electron chi connectivity index (χ1n) is 11.5. The van der Waals surface area contributed by atoms with Crippen LogP contribution in [0, 0.1) is 0 Å². The number of unbranched alkanes of at least 4 members (excludes halogenated alkanes) is 1. The number of nitrogens with one attached hydrogen (secondary N) is 1. The maximum atomic E-state index is 5.99.